The summed E-state index contributed by atoms with van der Waals surface area (Å²) >= 11 is 0. The molecule has 0 aromatic heterocycles. The smallest absolute Gasteiger partial charge is 0.236 e. The number of fused-ring (bicyclic) bond motifs is 1. The van der Waals surface area contributed by atoms with Gasteiger partial charge in [-0.15, -0.1) is 0 Å². The molecule has 0 aliphatic carbocycles. The molecular formula is C15H23N3O3. The average molecular weight is 293 g/mol. The molecule has 0 unspecified atom stereocenters. The van der Waals surface area contributed by atoms with Crippen LogP contribution in [0.5, 0.6) is 11.5 Å². The lowest BCUT2D eigenvalue weighted by molar-refractivity contribution is -0.130. The van der Waals surface area contributed by atoms with Crippen LogP contribution < -0.4 is 15.2 Å². The van der Waals surface area contributed by atoms with Gasteiger partial charge >= 0.3 is 0 Å². The minimum absolute atomic E-state index is 0.0768. The van der Waals surface area contributed by atoms with Crippen LogP contribution in [0.4, 0.5) is 5.69 Å². The molecule has 2 N–H and O–H groups in total. The van der Waals surface area contributed by atoms with Crippen LogP contribution in [0.25, 0.3) is 0 Å². The van der Waals surface area contributed by atoms with E-state index in [1.54, 1.807) is 25.1 Å². The van der Waals surface area contributed by atoms with Gasteiger partial charge in [-0.1, -0.05) is 6.92 Å². The molecule has 1 amide bonds. The number of anilines is 1. The third-order valence-electron chi connectivity index (χ3n) is 3.50. The summed E-state index contributed by atoms with van der Waals surface area (Å²) < 4.78 is 11.1. The number of hydrogen-bond acceptors (Lipinski definition) is 5. The standard InChI is InChI=1S/C15H23N3O3/c1-4-18(10-15(19)17(2)3)9-11-7-13-14(8-12(11)16)21-6-5-20-13/h7-8H,4-6,9-10,16H2,1-3H3. The maximum atomic E-state index is 11.8. The molecule has 0 bridgehead atoms. The highest BCUT2D eigenvalue weighted by Crippen LogP contribution is 2.34. The zero-order chi connectivity index (χ0) is 15.4. The summed E-state index contributed by atoms with van der Waals surface area (Å²) in [5, 5.41) is 0. The van der Waals surface area contributed by atoms with E-state index in [-0.39, 0.29) is 5.91 Å². The van der Waals surface area contributed by atoms with Crippen molar-refractivity contribution in [1.82, 2.24) is 9.80 Å². The van der Waals surface area contributed by atoms with Crippen LogP contribution in [0.15, 0.2) is 12.1 Å². The molecule has 1 heterocycles. The zero-order valence-electron chi connectivity index (χ0n) is 12.9. The second-order valence-electron chi connectivity index (χ2n) is 5.29. The predicted molar refractivity (Wildman–Crippen MR) is 81.5 cm³/mol. The van der Waals surface area contributed by atoms with Gasteiger partial charge in [-0.3, -0.25) is 9.69 Å². The van der Waals surface area contributed by atoms with E-state index in [4.69, 9.17) is 15.2 Å². The molecule has 0 radical (unpaired) electrons. The van der Waals surface area contributed by atoms with Gasteiger partial charge in [0.1, 0.15) is 13.2 Å². The highest BCUT2D eigenvalue weighted by Gasteiger charge is 2.17. The summed E-state index contributed by atoms with van der Waals surface area (Å²) in [6.45, 7) is 4.87. The number of nitrogen functional groups attached to an aromatic ring is 1. The Bertz CT molecular complexity index is 517. The van der Waals surface area contributed by atoms with Gasteiger partial charge in [-0.2, -0.15) is 0 Å². The van der Waals surface area contributed by atoms with Crippen LogP contribution in [0.2, 0.25) is 0 Å². The van der Waals surface area contributed by atoms with Crippen molar-refractivity contribution in [3.05, 3.63) is 17.7 Å². The molecule has 0 fully saturated rings. The lowest BCUT2D eigenvalue weighted by Crippen LogP contribution is -2.36. The van der Waals surface area contributed by atoms with Gasteiger partial charge in [-0.25, -0.2) is 0 Å². The number of benzene rings is 1. The lowest BCUT2D eigenvalue weighted by atomic mass is 10.1. The highest BCUT2D eigenvalue weighted by molar-refractivity contribution is 5.77. The quantitative estimate of drug-likeness (QED) is 0.819. The van der Waals surface area contributed by atoms with Crippen molar-refractivity contribution in [2.75, 3.05) is 46.1 Å². The number of ether oxygens (including phenoxy) is 2. The second kappa shape index (κ2) is 6.67. The van der Waals surface area contributed by atoms with Gasteiger partial charge in [0.05, 0.1) is 6.54 Å². The Morgan fingerprint density at radius 2 is 1.86 bits per heavy atom. The first-order valence-corrected chi connectivity index (χ1v) is 7.11. The summed E-state index contributed by atoms with van der Waals surface area (Å²) in [6.07, 6.45) is 0. The van der Waals surface area contributed by atoms with E-state index >= 15 is 0 Å². The van der Waals surface area contributed by atoms with E-state index in [0.29, 0.717) is 37.7 Å². The van der Waals surface area contributed by atoms with Crippen LogP contribution in [0, 0.1) is 0 Å². The summed E-state index contributed by atoms with van der Waals surface area (Å²) in [5.41, 5.74) is 7.69. The molecule has 6 heteroatoms. The average Bonchev–Trinajstić information content (AvgIpc) is 2.46. The van der Waals surface area contributed by atoms with Crippen LogP contribution in [0.1, 0.15) is 12.5 Å². The third-order valence-corrected chi connectivity index (χ3v) is 3.50. The molecule has 1 aliphatic rings. The minimum atomic E-state index is 0.0768. The molecule has 0 saturated heterocycles. The first-order chi connectivity index (χ1) is 10.0. The highest BCUT2D eigenvalue weighted by atomic mass is 16.6. The predicted octanol–water partition coefficient (Wildman–Crippen LogP) is 0.950. The van der Waals surface area contributed by atoms with Crippen molar-refractivity contribution in [2.24, 2.45) is 0 Å². The van der Waals surface area contributed by atoms with Gasteiger partial charge in [-0.05, 0) is 18.2 Å². The maximum absolute atomic E-state index is 11.8. The van der Waals surface area contributed by atoms with Gasteiger partial charge in [0.15, 0.2) is 11.5 Å². The Morgan fingerprint density at radius 3 is 2.43 bits per heavy atom. The van der Waals surface area contributed by atoms with Gasteiger partial charge in [0.25, 0.3) is 0 Å². The summed E-state index contributed by atoms with van der Waals surface area (Å²) in [7, 11) is 3.52. The van der Waals surface area contributed by atoms with E-state index in [0.717, 1.165) is 17.9 Å². The molecule has 1 aromatic rings. The molecule has 0 spiro atoms. The van der Waals surface area contributed by atoms with E-state index in [1.807, 2.05) is 17.9 Å². The fourth-order valence-corrected chi connectivity index (χ4v) is 2.14. The van der Waals surface area contributed by atoms with Gasteiger partial charge < -0.3 is 20.1 Å². The van der Waals surface area contributed by atoms with E-state index in [9.17, 15) is 4.79 Å². The molecule has 1 aliphatic heterocycles. The molecule has 1 aromatic carbocycles. The number of carbonyl (C=O) groups excluding carboxylic acids is 1. The Hall–Kier alpha value is -1.95. The fraction of sp³-hybridized carbons (Fsp3) is 0.533. The van der Waals surface area contributed by atoms with E-state index in [1.165, 1.54) is 0 Å². The van der Waals surface area contributed by atoms with Crippen molar-refractivity contribution in [3.8, 4) is 11.5 Å². The Kier molecular flexibility index (Phi) is 4.90. The fourth-order valence-electron chi connectivity index (χ4n) is 2.14. The number of amides is 1. The zero-order valence-corrected chi connectivity index (χ0v) is 12.9. The van der Waals surface area contributed by atoms with Crippen LogP contribution in [-0.2, 0) is 11.3 Å². The largest absolute Gasteiger partial charge is 0.486 e. The Balaban J connectivity index is 2.12. The molecule has 0 saturated carbocycles. The van der Waals surface area contributed by atoms with Crippen molar-refractivity contribution in [1.29, 1.82) is 0 Å². The first kappa shape index (κ1) is 15.4. The minimum Gasteiger partial charge on any atom is -0.486 e. The van der Waals surface area contributed by atoms with Crippen LogP contribution in [0.3, 0.4) is 0 Å². The van der Waals surface area contributed by atoms with Gasteiger partial charge in [0.2, 0.25) is 5.91 Å². The summed E-state index contributed by atoms with van der Waals surface area (Å²) in [5.74, 6) is 1.49. The molecule has 116 valence electrons. The van der Waals surface area contributed by atoms with Crippen molar-refractivity contribution >= 4 is 11.6 Å². The van der Waals surface area contributed by atoms with E-state index < -0.39 is 0 Å². The number of carbonyl (C=O) groups is 1. The number of hydrogen-bond donors (Lipinski definition) is 1. The molecule has 6 nitrogen and oxygen atoms in total. The monoisotopic (exact) mass is 293 g/mol. The summed E-state index contributed by atoms with van der Waals surface area (Å²) in [6, 6.07) is 3.71. The molecule has 2 rings (SSSR count). The van der Waals surface area contributed by atoms with Crippen molar-refractivity contribution < 1.29 is 14.3 Å². The van der Waals surface area contributed by atoms with E-state index in [2.05, 4.69) is 0 Å². The van der Waals surface area contributed by atoms with Crippen molar-refractivity contribution in [3.63, 3.8) is 0 Å². The second-order valence-corrected chi connectivity index (χ2v) is 5.29. The number of likely N-dealkylation sites (N-methyl/N-ethyl adjacent to an activating group) is 2. The Labute approximate surface area is 125 Å². The van der Waals surface area contributed by atoms with Crippen LogP contribution >= 0.6 is 0 Å². The normalized spacial score (nSPS) is 13.3. The SMILES string of the molecule is CCN(CC(=O)N(C)C)Cc1cc2c(cc1N)OCCO2. The Morgan fingerprint density at radius 1 is 1.24 bits per heavy atom. The topological polar surface area (TPSA) is 68.0 Å². The summed E-state index contributed by atoms with van der Waals surface area (Å²) in [4.78, 5) is 15.5. The third kappa shape index (κ3) is 3.78. The first-order valence-electron chi connectivity index (χ1n) is 7.11. The van der Waals surface area contributed by atoms with Gasteiger partial charge in [0, 0.05) is 32.4 Å². The molecule has 21 heavy (non-hydrogen) atoms. The molecular weight excluding hydrogens is 270 g/mol. The maximum Gasteiger partial charge on any atom is 0.236 e. The van der Waals surface area contributed by atoms with Crippen molar-refractivity contribution in [2.45, 2.75) is 13.5 Å². The molecule has 0 atom stereocenters. The lowest BCUT2D eigenvalue weighted by Gasteiger charge is -2.24. The number of nitrogens with zero attached hydrogens (tertiary/aromatic N) is 2. The number of rotatable bonds is 5. The van der Waals surface area contributed by atoms with Crippen LogP contribution in [-0.4, -0.2) is 56.1 Å². The number of nitrogens with two attached hydrogens (primary N) is 1.